The van der Waals surface area contributed by atoms with Gasteiger partial charge in [0.2, 0.25) is 11.8 Å². The second kappa shape index (κ2) is 7.73. The van der Waals surface area contributed by atoms with Crippen LogP contribution in [-0.2, 0) is 10.8 Å². The third-order valence-corrected chi connectivity index (χ3v) is 3.34. The Kier molecular flexibility index (Phi) is 6.29. The molecule has 8 nitrogen and oxygen atoms in total. The lowest BCUT2D eigenvalue weighted by Gasteiger charge is -2.09. The smallest absolute Gasteiger partial charge is 0.332 e. The number of anilines is 2. The fourth-order valence-corrected chi connectivity index (χ4v) is 2.18. The highest BCUT2D eigenvalue weighted by molar-refractivity contribution is 7.84. The summed E-state index contributed by atoms with van der Waals surface area (Å²) in [5.74, 6) is 1.10. The summed E-state index contributed by atoms with van der Waals surface area (Å²) in [7, 11) is -0.868. The van der Waals surface area contributed by atoms with E-state index in [-0.39, 0.29) is 11.5 Å². The predicted octanol–water partition coefficient (Wildman–Crippen LogP) is 1.31. The zero-order valence-corrected chi connectivity index (χ0v) is 12.6. The summed E-state index contributed by atoms with van der Waals surface area (Å²) in [5, 5.41) is 16.9. The van der Waals surface area contributed by atoms with Crippen molar-refractivity contribution in [1.82, 2.24) is 9.97 Å². The first-order valence-electron chi connectivity index (χ1n) is 6.26. The normalized spacial score (nSPS) is 11.9. The highest BCUT2D eigenvalue weighted by Gasteiger charge is 2.21. The topological polar surface area (TPSA) is 110 Å². The van der Waals surface area contributed by atoms with Gasteiger partial charge in [0.25, 0.3) is 0 Å². The Morgan fingerprint density at radius 2 is 2.05 bits per heavy atom. The molecule has 1 atom stereocenters. The number of rotatable bonds is 8. The molecule has 112 valence electrons. The molecule has 1 unspecified atom stereocenters. The van der Waals surface area contributed by atoms with Crippen molar-refractivity contribution in [3.63, 3.8) is 0 Å². The van der Waals surface area contributed by atoms with Crippen molar-refractivity contribution in [2.45, 2.75) is 20.3 Å². The number of nitro groups is 1. The molecule has 1 heterocycles. The average molecular weight is 301 g/mol. The minimum Gasteiger partial charge on any atom is -0.364 e. The highest BCUT2D eigenvalue weighted by atomic mass is 32.2. The molecular weight excluding hydrogens is 282 g/mol. The van der Waals surface area contributed by atoms with Crippen LogP contribution in [0.25, 0.3) is 0 Å². The molecule has 1 rings (SSSR count). The molecule has 20 heavy (non-hydrogen) atoms. The molecule has 1 aromatic heterocycles. The van der Waals surface area contributed by atoms with Crippen LogP contribution in [0, 0.1) is 17.0 Å². The van der Waals surface area contributed by atoms with Crippen LogP contribution in [-0.4, -0.2) is 44.2 Å². The van der Waals surface area contributed by atoms with E-state index in [9.17, 15) is 14.3 Å². The predicted molar refractivity (Wildman–Crippen MR) is 79.6 cm³/mol. The van der Waals surface area contributed by atoms with E-state index in [0.29, 0.717) is 36.9 Å². The van der Waals surface area contributed by atoms with Crippen LogP contribution in [0.2, 0.25) is 0 Å². The summed E-state index contributed by atoms with van der Waals surface area (Å²) >= 11 is 0. The molecule has 0 spiro atoms. The van der Waals surface area contributed by atoms with Gasteiger partial charge < -0.3 is 10.6 Å². The Bertz CT molecular complexity index is 509. The molecular formula is C11H19N5O3S. The van der Waals surface area contributed by atoms with Crippen LogP contribution < -0.4 is 10.6 Å². The van der Waals surface area contributed by atoms with Gasteiger partial charge in [0, 0.05) is 35.9 Å². The third-order valence-electron chi connectivity index (χ3n) is 2.48. The molecule has 0 aromatic carbocycles. The first-order valence-corrected chi connectivity index (χ1v) is 7.99. The molecule has 0 amide bonds. The molecule has 0 radical (unpaired) electrons. The maximum atomic E-state index is 11.1. The zero-order valence-electron chi connectivity index (χ0n) is 11.8. The van der Waals surface area contributed by atoms with Crippen LogP contribution >= 0.6 is 0 Å². The van der Waals surface area contributed by atoms with Crippen molar-refractivity contribution >= 4 is 28.3 Å². The zero-order chi connectivity index (χ0) is 15.1. The molecule has 9 heteroatoms. The fraction of sp³-hybridized carbons (Fsp3) is 0.636. The van der Waals surface area contributed by atoms with Crippen molar-refractivity contribution in [3.8, 4) is 0 Å². The van der Waals surface area contributed by atoms with E-state index in [1.165, 1.54) is 0 Å². The van der Waals surface area contributed by atoms with E-state index < -0.39 is 15.7 Å². The minimum absolute atomic E-state index is 0.121. The van der Waals surface area contributed by atoms with E-state index in [0.717, 1.165) is 0 Å². The van der Waals surface area contributed by atoms with E-state index in [1.54, 1.807) is 13.2 Å². The molecule has 0 aliphatic heterocycles. The van der Waals surface area contributed by atoms with Gasteiger partial charge in [0.15, 0.2) is 0 Å². The molecule has 0 fully saturated rings. The summed E-state index contributed by atoms with van der Waals surface area (Å²) in [5.41, 5.74) is 0.187. The monoisotopic (exact) mass is 301 g/mol. The second-order valence-electron chi connectivity index (χ2n) is 4.17. The van der Waals surface area contributed by atoms with E-state index in [4.69, 9.17) is 0 Å². The Labute approximate surface area is 120 Å². The molecule has 0 aliphatic carbocycles. The van der Waals surface area contributed by atoms with E-state index in [1.807, 2.05) is 6.92 Å². The van der Waals surface area contributed by atoms with Crippen molar-refractivity contribution < 1.29 is 9.13 Å². The highest BCUT2D eigenvalue weighted by Crippen LogP contribution is 2.26. The van der Waals surface area contributed by atoms with Crippen LogP contribution in [0.3, 0.4) is 0 Å². The Hall–Kier alpha value is -1.77. The summed E-state index contributed by atoms with van der Waals surface area (Å²) in [6.45, 7) is 4.57. The summed E-state index contributed by atoms with van der Waals surface area (Å²) in [6.07, 6.45) is 2.28. The van der Waals surface area contributed by atoms with E-state index in [2.05, 4.69) is 20.6 Å². The van der Waals surface area contributed by atoms with Crippen molar-refractivity contribution in [1.29, 1.82) is 0 Å². The largest absolute Gasteiger partial charge is 0.364 e. The van der Waals surface area contributed by atoms with Crippen molar-refractivity contribution in [2.24, 2.45) is 0 Å². The molecule has 0 bridgehead atoms. The molecule has 0 saturated carbocycles. The number of hydrogen-bond donors (Lipinski definition) is 2. The lowest BCUT2D eigenvalue weighted by atomic mass is 10.3. The molecule has 1 aromatic rings. The number of aryl methyl sites for hydroxylation is 1. The third kappa shape index (κ3) is 4.72. The van der Waals surface area contributed by atoms with Gasteiger partial charge in [-0.15, -0.1) is 0 Å². The lowest BCUT2D eigenvalue weighted by Crippen LogP contribution is -2.13. The van der Waals surface area contributed by atoms with Crippen LogP contribution in [0.5, 0.6) is 0 Å². The van der Waals surface area contributed by atoms with E-state index >= 15 is 0 Å². The lowest BCUT2D eigenvalue weighted by molar-refractivity contribution is -0.385. The van der Waals surface area contributed by atoms with Gasteiger partial charge in [-0.1, -0.05) is 0 Å². The minimum atomic E-state index is -0.868. The van der Waals surface area contributed by atoms with Crippen molar-refractivity contribution in [3.05, 3.63) is 15.8 Å². The first kappa shape index (κ1) is 16.3. The quantitative estimate of drug-likeness (QED) is 0.423. The second-order valence-corrected chi connectivity index (χ2v) is 5.73. The Morgan fingerprint density at radius 3 is 2.60 bits per heavy atom. The van der Waals surface area contributed by atoms with Gasteiger partial charge in [-0.25, -0.2) is 4.98 Å². The number of nitrogens with zero attached hydrogens (tertiary/aromatic N) is 3. The molecule has 2 N–H and O–H groups in total. The van der Waals surface area contributed by atoms with Gasteiger partial charge in [-0.2, -0.15) is 4.98 Å². The number of hydrogen-bond acceptors (Lipinski definition) is 7. The van der Waals surface area contributed by atoms with Crippen molar-refractivity contribution in [2.75, 3.05) is 35.7 Å². The van der Waals surface area contributed by atoms with Gasteiger partial charge >= 0.3 is 5.69 Å². The summed E-state index contributed by atoms with van der Waals surface area (Å²) < 4.78 is 11.0. The maximum absolute atomic E-state index is 11.1. The van der Waals surface area contributed by atoms with Gasteiger partial charge in [0.1, 0.15) is 5.69 Å². The average Bonchev–Trinajstić information content (AvgIpc) is 2.33. The fourth-order valence-electron chi connectivity index (χ4n) is 1.63. The van der Waals surface area contributed by atoms with Crippen LogP contribution in [0.15, 0.2) is 0 Å². The molecule has 0 aliphatic rings. The SMILES string of the molecule is CCNc1nc(C)c([N+](=O)[O-])c(NCCCS(C)=O)n1. The maximum Gasteiger partial charge on any atom is 0.332 e. The molecule has 0 saturated heterocycles. The number of nitrogens with one attached hydrogen (secondary N) is 2. The van der Waals surface area contributed by atoms with Crippen LogP contribution in [0.1, 0.15) is 19.0 Å². The standard InChI is InChI=1S/C11H19N5O3S/c1-4-12-11-14-8(2)9(16(17)18)10(15-11)13-6-5-7-20(3)19/h4-7H2,1-3H3,(H2,12,13,14,15). The van der Waals surface area contributed by atoms with Gasteiger partial charge in [0.05, 0.1) is 4.92 Å². The summed E-state index contributed by atoms with van der Waals surface area (Å²) in [6, 6.07) is 0. The van der Waals surface area contributed by atoms with Crippen LogP contribution in [0.4, 0.5) is 17.5 Å². The first-order chi connectivity index (χ1) is 9.45. The Balaban J connectivity index is 2.89. The Morgan fingerprint density at radius 1 is 1.35 bits per heavy atom. The number of aromatic nitrogens is 2. The van der Waals surface area contributed by atoms with Gasteiger partial charge in [-0.05, 0) is 20.3 Å². The summed E-state index contributed by atoms with van der Waals surface area (Å²) in [4.78, 5) is 18.7. The van der Waals surface area contributed by atoms with Gasteiger partial charge in [-0.3, -0.25) is 14.3 Å².